The van der Waals surface area contributed by atoms with Crippen molar-refractivity contribution in [2.45, 2.75) is 38.8 Å². The number of nitrogens with zero attached hydrogens (tertiary/aromatic N) is 2. The minimum atomic E-state index is 0. The standard InChI is InChI=1S/C16H30N4O3.2ClH/c1-13(2)18-15(21)12-19-5-7-20(8-6-19)16(22)11-17-10-14-4-3-9-23-14;;/h13-14,17H,3-12H2,1-2H3,(H,18,21);2*1H. The van der Waals surface area contributed by atoms with E-state index in [9.17, 15) is 9.59 Å². The van der Waals surface area contributed by atoms with E-state index in [-0.39, 0.29) is 48.8 Å². The van der Waals surface area contributed by atoms with E-state index in [2.05, 4.69) is 15.5 Å². The lowest BCUT2D eigenvalue weighted by Crippen LogP contribution is -2.53. The molecule has 0 aromatic rings. The predicted molar refractivity (Wildman–Crippen MR) is 103 cm³/mol. The van der Waals surface area contributed by atoms with Crippen LogP contribution >= 0.6 is 24.8 Å². The minimum Gasteiger partial charge on any atom is -0.377 e. The number of carbonyl (C=O) groups is 2. The van der Waals surface area contributed by atoms with Gasteiger partial charge in [0.15, 0.2) is 0 Å². The summed E-state index contributed by atoms with van der Waals surface area (Å²) in [4.78, 5) is 27.9. The summed E-state index contributed by atoms with van der Waals surface area (Å²) in [6.45, 7) is 9.17. The van der Waals surface area contributed by atoms with Gasteiger partial charge in [-0.05, 0) is 26.7 Å². The Balaban J connectivity index is 0.00000288. The lowest BCUT2D eigenvalue weighted by atomic mass is 10.2. The molecule has 2 rings (SSSR count). The summed E-state index contributed by atoms with van der Waals surface area (Å²) in [5, 5.41) is 6.09. The van der Waals surface area contributed by atoms with E-state index in [0.717, 1.165) is 39.1 Å². The highest BCUT2D eigenvalue weighted by Crippen LogP contribution is 2.10. The number of ether oxygens (including phenoxy) is 1. The number of rotatable bonds is 7. The van der Waals surface area contributed by atoms with Crippen molar-refractivity contribution in [1.29, 1.82) is 0 Å². The first-order valence-corrected chi connectivity index (χ1v) is 8.66. The third-order valence-electron chi connectivity index (χ3n) is 4.21. The van der Waals surface area contributed by atoms with E-state index in [1.165, 1.54) is 0 Å². The van der Waals surface area contributed by atoms with Crippen molar-refractivity contribution in [2.24, 2.45) is 0 Å². The lowest BCUT2D eigenvalue weighted by molar-refractivity contribution is -0.132. The molecule has 148 valence electrons. The van der Waals surface area contributed by atoms with Crippen LogP contribution in [0.5, 0.6) is 0 Å². The summed E-state index contributed by atoms with van der Waals surface area (Å²) < 4.78 is 5.53. The molecule has 1 atom stereocenters. The number of hydrogen-bond acceptors (Lipinski definition) is 5. The highest BCUT2D eigenvalue weighted by molar-refractivity contribution is 5.85. The summed E-state index contributed by atoms with van der Waals surface area (Å²) >= 11 is 0. The molecule has 2 amide bonds. The molecule has 2 N–H and O–H groups in total. The Morgan fingerprint density at radius 2 is 1.84 bits per heavy atom. The van der Waals surface area contributed by atoms with Gasteiger partial charge in [0.2, 0.25) is 11.8 Å². The zero-order valence-corrected chi connectivity index (χ0v) is 16.8. The highest BCUT2D eigenvalue weighted by Gasteiger charge is 2.22. The molecule has 0 saturated carbocycles. The third kappa shape index (κ3) is 9.06. The van der Waals surface area contributed by atoms with Gasteiger partial charge in [-0.3, -0.25) is 14.5 Å². The first-order valence-electron chi connectivity index (χ1n) is 8.66. The molecule has 2 aliphatic heterocycles. The molecule has 9 heteroatoms. The van der Waals surface area contributed by atoms with Crippen LogP contribution in [0.1, 0.15) is 26.7 Å². The van der Waals surface area contributed by atoms with Crippen molar-refractivity contribution < 1.29 is 14.3 Å². The third-order valence-corrected chi connectivity index (χ3v) is 4.21. The van der Waals surface area contributed by atoms with Gasteiger partial charge < -0.3 is 20.3 Å². The fourth-order valence-corrected chi connectivity index (χ4v) is 2.98. The van der Waals surface area contributed by atoms with Crippen LogP contribution < -0.4 is 10.6 Å². The van der Waals surface area contributed by atoms with E-state index >= 15 is 0 Å². The lowest BCUT2D eigenvalue weighted by Gasteiger charge is -2.34. The average molecular weight is 399 g/mol. The van der Waals surface area contributed by atoms with Crippen LogP contribution in [0.15, 0.2) is 0 Å². The van der Waals surface area contributed by atoms with E-state index in [1.54, 1.807) is 0 Å². The van der Waals surface area contributed by atoms with Gasteiger partial charge in [-0.1, -0.05) is 0 Å². The zero-order valence-electron chi connectivity index (χ0n) is 15.2. The summed E-state index contributed by atoms with van der Waals surface area (Å²) in [5.74, 6) is 0.187. The van der Waals surface area contributed by atoms with Crippen LogP contribution in [0.4, 0.5) is 0 Å². The molecular formula is C16H32Cl2N4O3. The predicted octanol–water partition coefficient (Wildman–Crippen LogP) is 0.267. The maximum absolute atomic E-state index is 12.2. The molecule has 0 aromatic heterocycles. The van der Waals surface area contributed by atoms with Gasteiger partial charge in [-0.2, -0.15) is 0 Å². The SMILES string of the molecule is CC(C)NC(=O)CN1CCN(C(=O)CNCC2CCCO2)CC1.Cl.Cl. The Hall–Kier alpha value is -0.600. The smallest absolute Gasteiger partial charge is 0.236 e. The molecular weight excluding hydrogens is 367 g/mol. The second-order valence-electron chi connectivity index (χ2n) is 6.65. The molecule has 25 heavy (non-hydrogen) atoms. The van der Waals surface area contributed by atoms with Crippen LogP contribution in [0.2, 0.25) is 0 Å². The molecule has 2 heterocycles. The van der Waals surface area contributed by atoms with Crippen molar-refractivity contribution in [3.05, 3.63) is 0 Å². The molecule has 2 fully saturated rings. The highest BCUT2D eigenvalue weighted by atomic mass is 35.5. The minimum absolute atomic E-state index is 0. The number of halogens is 2. The normalized spacial score (nSPS) is 20.8. The van der Waals surface area contributed by atoms with Gasteiger partial charge in [0.05, 0.1) is 19.2 Å². The number of piperazine rings is 1. The van der Waals surface area contributed by atoms with Crippen LogP contribution in [0.25, 0.3) is 0 Å². The molecule has 7 nitrogen and oxygen atoms in total. The Kier molecular flexibility index (Phi) is 12.4. The maximum Gasteiger partial charge on any atom is 0.236 e. The van der Waals surface area contributed by atoms with E-state index in [1.807, 2.05) is 18.7 Å². The second-order valence-corrected chi connectivity index (χ2v) is 6.65. The quantitative estimate of drug-likeness (QED) is 0.643. The van der Waals surface area contributed by atoms with Crippen LogP contribution in [-0.4, -0.2) is 86.2 Å². The van der Waals surface area contributed by atoms with Crippen molar-refractivity contribution in [3.63, 3.8) is 0 Å². The van der Waals surface area contributed by atoms with Crippen LogP contribution in [0.3, 0.4) is 0 Å². The van der Waals surface area contributed by atoms with E-state index < -0.39 is 0 Å². The summed E-state index contributed by atoms with van der Waals surface area (Å²) in [6, 6.07) is 0.167. The van der Waals surface area contributed by atoms with Crippen LogP contribution in [0, 0.1) is 0 Å². The number of hydrogen-bond donors (Lipinski definition) is 2. The second kappa shape index (κ2) is 12.7. The van der Waals surface area contributed by atoms with Gasteiger partial charge >= 0.3 is 0 Å². The van der Waals surface area contributed by atoms with Gasteiger partial charge in [-0.15, -0.1) is 24.8 Å². The van der Waals surface area contributed by atoms with Crippen molar-refractivity contribution in [3.8, 4) is 0 Å². The molecule has 0 bridgehead atoms. The maximum atomic E-state index is 12.2. The number of carbonyl (C=O) groups excluding carboxylic acids is 2. The van der Waals surface area contributed by atoms with Gasteiger partial charge in [0, 0.05) is 45.4 Å². The molecule has 1 unspecified atom stereocenters. The molecule has 0 radical (unpaired) electrons. The van der Waals surface area contributed by atoms with Crippen molar-refractivity contribution in [1.82, 2.24) is 20.4 Å². The largest absolute Gasteiger partial charge is 0.377 e. The molecule has 0 aliphatic carbocycles. The monoisotopic (exact) mass is 398 g/mol. The fourth-order valence-electron chi connectivity index (χ4n) is 2.98. The molecule has 0 aromatic carbocycles. The Morgan fingerprint density at radius 1 is 1.16 bits per heavy atom. The van der Waals surface area contributed by atoms with Gasteiger partial charge in [0.1, 0.15) is 0 Å². The van der Waals surface area contributed by atoms with Crippen molar-refractivity contribution >= 4 is 36.6 Å². The van der Waals surface area contributed by atoms with E-state index in [4.69, 9.17) is 4.74 Å². The number of nitrogens with one attached hydrogen (secondary N) is 2. The summed E-state index contributed by atoms with van der Waals surface area (Å²) in [6.07, 6.45) is 2.46. The summed E-state index contributed by atoms with van der Waals surface area (Å²) in [5.41, 5.74) is 0. The first-order chi connectivity index (χ1) is 11.0. The molecule has 2 saturated heterocycles. The van der Waals surface area contributed by atoms with Crippen molar-refractivity contribution in [2.75, 3.05) is 52.4 Å². The fraction of sp³-hybridized carbons (Fsp3) is 0.875. The first kappa shape index (κ1) is 24.4. The Morgan fingerprint density at radius 3 is 2.40 bits per heavy atom. The van der Waals surface area contributed by atoms with E-state index in [0.29, 0.717) is 26.2 Å². The average Bonchev–Trinajstić information content (AvgIpc) is 3.00. The number of amides is 2. The Labute approximate surface area is 163 Å². The topological polar surface area (TPSA) is 73.9 Å². The van der Waals surface area contributed by atoms with Gasteiger partial charge in [0.25, 0.3) is 0 Å². The Bertz CT molecular complexity index is 399. The molecule has 2 aliphatic rings. The zero-order chi connectivity index (χ0) is 16.7. The summed E-state index contributed by atoms with van der Waals surface area (Å²) in [7, 11) is 0. The molecule has 0 spiro atoms. The van der Waals surface area contributed by atoms with Gasteiger partial charge in [-0.25, -0.2) is 0 Å². The van der Waals surface area contributed by atoms with Crippen LogP contribution in [-0.2, 0) is 14.3 Å².